The van der Waals surface area contributed by atoms with Gasteiger partial charge in [-0.25, -0.2) is 0 Å². The molecule has 0 saturated carbocycles. The first kappa shape index (κ1) is 16.8. The van der Waals surface area contributed by atoms with Crippen LogP contribution in [0.3, 0.4) is 0 Å². The number of hydrogen-bond acceptors (Lipinski definition) is 4. The molecule has 2 N–H and O–H groups in total. The Hall–Kier alpha value is -2.06. The molecular weight excluding hydrogens is 323 g/mol. The molecule has 1 aromatic heterocycles. The molecule has 0 aliphatic carbocycles. The molecule has 1 unspecified atom stereocenters. The predicted molar refractivity (Wildman–Crippen MR) is 80.8 cm³/mol. The van der Waals surface area contributed by atoms with E-state index in [1.54, 1.807) is 0 Å². The fraction of sp³-hybridized carbons (Fsp3) is 0.438. The van der Waals surface area contributed by atoms with Crippen LogP contribution in [0.1, 0.15) is 23.1 Å². The molecule has 8 heteroatoms. The molecule has 0 amide bonds. The van der Waals surface area contributed by atoms with Gasteiger partial charge in [-0.1, -0.05) is 0 Å². The summed E-state index contributed by atoms with van der Waals surface area (Å²) in [6.07, 6.45) is -3.81. The van der Waals surface area contributed by atoms with Crippen LogP contribution in [0.25, 0.3) is 0 Å². The van der Waals surface area contributed by atoms with Crippen LogP contribution >= 0.6 is 0 Å². The van der Waals surface area contributed by atoms with Crippen LogP contribution in [0.15, 0.2) is 30.3 Å². The van der Waals surface area contributed by atoms with Crippen LogP contribution in [0, 0.1) is 0 Å². The second kappa shape index (κ2) is 7.23. The van der Waals surface area contributed by atoms with E-state index in [1.165, 1.54) is 12.1 Å². The molecular formula is C16H18F3N3O2. The summed E-state index contributed by atoms with van der Waals surface area (Å²) in [7, 11) is 0. The molecule has 130 valence electrons. The average Bonchev–Trinajstić information content (AvgIpc) is 3.04. The normalized spacial score (nSPS) is 18.5. The zero-order chi connectivity index (χ0) is 17.0. The second-order valence-corrected chi connectivity index (χ2v) is 5.50. The lowest BCUT2D eigenvalue weighted by molar-refractivity contribution is -0.137. The van der Waals surface area contributed by atoms with Crippen molar-refractivity contribution in [3.05, 3.63) is 47.3 Å². The predicted octanol–water partition coefficient (Wildman–Crippen LogP) is 2.71. The minimum absolute atomic E-state index is 0.0559. The van der Waals surface area contributed by atoms with Crippen molar-refractivity contribution in [1.82, 2.24) is 15.5 Å². The quantitative estimate of drug-likeness (QED) is 0.878. The van der Waals surface area contributed by atoms with Gasteiger partial charge in [-0.2, -0.15) is 18.3 Å². The Morgan fingerprint density at radius 3 is 2.71 bits per heavy atom. The summed E-state index contributed by atoms with van der Waals surface area (Å²) in [5.74, 6) is 0.405. The van der Waals surface area contributed by atoms with Gasteiger partial charge >= 0.3 is 6.18 Å². The Balaban J connectivity index is 1.49. The zero-order valence-corrected chi connectivity index (χ0v) is 12.9. The number of benzene rings is 1. The molecule has 0 spiro atoms. The highest BCUT2D eigenvalue weighted by molar-refractivity contribution is 5.28. The van der Waals surface area contributed by atoms with Gasteiger partial charge in [-0.15, -0.1) is 0 Å². The standard InChI is InChI=1S/C16H18F3N3O2/c17-16(18,19)11-1-3-13(4-2-11)23-7-5-12-9-14(22-21-12)15-10-20-6-8-24-15/h1-4,9,15,20H,5-8,10H2,(H,21,22). The van der Waals surface area contributed by atoms with Gasteiger partial charge in [0.05, 0.1) is 24.5 Å². The molecule has 2 heterocycles. The Bertz CT molecular complexity index is 649. The fourth-order valence-electron chi connectivity index (χ4n) is 2.45. The topological polar surface area (TPSA) is 59.2 Å². The molecule has 0 bridgehead atoms. The Morgan fingerprint density at radius 2 is 2.04 bits per heavy atom. The third-order valence-corrected chi connectivity index (χ3v) is 3.73. The molecule has 24 heavy (non-hydrogen) atoms. The van der Waals surface area contributed by atoms with E-state index in [9.17, 15) is 13.2 Å². The molecule has 1 atom stereocenters. The number of aromatic nitrogens is 2. The van der Waals surface area contributed by atoms with Crippen molar-refractivity contribution >= 4 is 0 Å². The zero-order valence-electron chi connectivity index (χ0n) is 12.9. The molecule has 5 nitrogen and oxygen atoms in total. The van der Waals surface area contributed by atoms with Crippen molar-refractivity contribution in [3.63, 3.8) is 0 Å². The van der Waals surface area contributed by atoms with Gasteiger partial charge in [-0.05, 0) is 30.3 Å². The summed E-state index contributed by atoms with van der Waals surface area (Å²) in [5, 5.41) is 10.4. The summed E-state index contributed by atoms with van der Waals surface area (Å²) in [6, 6.07) is 6.59. The first-order chi connectivity index (χ1) is 11.5. The van der Waals surface area contributed by atoms with Gasteiger partial charge < -0.3 is 14.8 Å². The molecule has 1 fully saturated rings. The van der Waals surface area contributed by atoms with Crippen molar-refractivity contribution in [2.75, 3.05) is 26.3 Å². The molecule has 1 aliphatic rings. The van der Waals surface area contributed by atoms with Crippen LogP contribution < -0.4 is 10.1 Å². The van der Waals surface area contributed by atoms with Crippen molar-refractivity contribution in [1.29, 1.82) is 0 Å². The smallest absolute Gasteiger partial charge is 0.416 e. The Kier molecular flexibility index (Phi) is 5.06. The Labute approximate surface area is 137 Å². The Morgan fingerprint density at radius 1 is 1.25 bits per heavy atom. The van der Waals surface area contributed by atoms with E-state index in [1.807, 2.05) is 6.07 Å². The van der Waals surface area contributed by atoms with Gasteiger partial charge in [0, 0.05) is 25.2 Å². The third-order valence-electron chi connectivity index (χ3n) is 3.73. The van der Waals surface area contributed by atoms with E-state index < -0.39 is 11.7 Å². The number of alkyl halides is 3. The number of H-pyrrole nitrogens is 1. The van der Waals surface area contributed by atoms with E-state index >= 15 is 0 Å². The molecule has 1 aromatic carbocycles. The third kappa shape index (κ3) is 4.27. The second-order valence-electron chi connectivity index (χ2n) is 5.50. The van der Waals surface area contributed by atoms with E-state index in [-0.39, 0.29) is 6.10 Å². The van der Waals surface area contributed by atoms with Crippen LogP contribution in [0.4, 0.5) is 13.2 Å². The number of ether oxygens (including phenoxy) is 2. The number of morpholine rings is 1. The highest BCUT2D eigenvalue weighted by Crippen LogP contribution is 2.30. The van der Waals surface area contributed by atoms with Crippen molar-refractivity contribution in [2.45, 2.75) is 18.7 Å². The van der Waals surface area contributed by atoms with Crippen LogP contribution in [-0.2, 0) is 17.3 Å². The van der Waals surface area contributed by atoms with Crippen LogP contribution in [0.2, 0.25) is 0 Å². The molecule has 1 saturated heterocycles. The summed E-state index contributed by atoms with van der Waals surface area (Å²) < 4.78 is 48.5. The maximum Gasteiger partial charge on any atom is 0.416 e. The van der Waals surface area contributed by atoms with E-state index in [0.717, 1.165) is 36.6 Å². The SMILES string of the molecule is FC(F)(F)c1ccc(OCCc2cc(C3CNCCO3)n[nH]2)cc1. The van der Waals surface area contributed by atoms with Gasteiger partial charge in [0.25, 0.3) is 0 Å². The van der Waals surface area contributed by atoms with Gasteiger partial charge in [0.15, 0.2) is 0 Å². The van der Waals surface area contributed by atoms with Crippen molar-refractivity contribution < 1.29 is 22.6 Å². The summed E-state index contributed by atoms with van der Waals surface area (Å²) in [4.78, 5) is 0. The van der Waals surface area contributed by atoms with E-state index in [0.29, 0.717) is 25.4 Å². The van der Waals surface area contributed by atoms with Crippen molar-refractivity contribution in [3.8, 4) is 5.75 Å². The number of nitrogens with one attached hydrogen (secondary N) is 2. The lowest BCUT2D eigenvalue weighted by Crippen LogP contribution is -2.33. The lowest BCUT2D eigenvalue weighted by atomic mass is 10.2. The summed E-state index contributed by atoms with van der Waals surface area (Å²) >= 11 is 0. The van der Waals surface area contributed by atoms with Gasteiger partial charge in [-0.3, -0.25) is 5.10 Å². The fourth-order valence-corrected chi connectivity index (χ4v) is 2.45. The maximum atomic E-state index is 12.5. The minimum atomic E-state index is -4.33. The molecule has 2 aromatic rings. The average molecular weight is 341 g/mol. The number of hydrogen-bond donors (Lipinski definition) is 2. The molecule has 3 rings (SSSR count). The van der Waals surface area contributed by atoms with Gasteiger partial charge in [0.1, 0.15) is 11.9 Å². The first-order valence-electron chi connectivity index (χ1n) is 7.69. The van der Waals surface area contributed by atoms with E-state index in [2.05, 4.69) is 15.5 Å². The largest absolute Gasteiger partial charge is 0.493 e. The van der Waals surface area contributed by atoms with Gasteiger partial charge in [0.2, 0.25) is 0 Å². The van der Waals surface area contributed by atoms with Crippen LogP contribution in [0.5, 0.6) is 5.75 Å². The van der Waals surface area contributed by atoms with Crippen molar-refractivity contribution in [2.24, 2.45) is 0 Å². The number of rotatable bonds is 5. The summed E-state index contributed by atoms with van der Waals surface area (Å²) in [6.45, 7) is 2.57. The molecule has 1 aliphatic heterocycles. The number of aromatic amines is 1. The van der Waals surface area contributed by atoms with Crippen LogP contribution in [-0.4, -0.2) is 36.5 Å². The molecule has 0 radical (unpaired) electrons. The highest BCUT2D eigenvalue weighted by atomic mass is 19.4. The van der Waals surface area contributed by atoms with E-state index in [4.69, 9.17) is 9.47 Å². The first-order valence-corrected chi connectivity index (χ1v) is 7.69. The highest BCUT2D eigenvalue weighted by Gasteiger charge is 2.30. The maximum absolute atomic E-state index is 12.5. The number of halogens is 3. The summed E-state index contributed by atoms with van der Waals surface area (Å²) in [5.41, 5.74) is 1.05. The minimum Gasteiger partial charge on any atom is -0.493 e. The monoisotopic (exact) mass is 341 g/mol. The number of nitrogens with zero attached hydrogens (tertiary/aromatic N) is 1. The lowest BCUT2D eigenvalue weighted by Gasteiger charge is -2.21.